The first-order chi connectivity index (χ1) is 8.99. The van der Waals surface area contributed by atoms with E-state index in [-0.39, 0.29) is 10.2 Å². The Morgan fingerprint density at radius 3 is 2.89 bits per heavy atom. The fraction of sp³-hybridized carbons (Fsp3) is 0.167. The quantitative estimate of drug-likeness (QED) is 0.933. The van der Waals surface area contributed by atoms with Crippen LogP contribution in [0.4, 0.5) is 4.39 Å². The highest BCUT2D eigenvalue weighted by Gasteiger charge is 2.19. The summed E-state index contributed by atoms with van der Waals surface area (Å²) in [5.41, 5.74) is 0.416. The second kappa shape index (κ2) is 5.40. The van der Waals surface area contributed by atoms with Gasteiger partial charge in [-0.1, -0.05) is 5.16 Å². The van der Waals surface area contributed by atoms with Crippen LogP contribution in [0.5, 0.6) is 5.75 Å². The number of aromatic nitrogens is 1. The first kappa shape index (κ1) is 13.5. The average Bonchev–Trinajstić information content (AvgIpc) is 2.86. The molecule has 19 heavy (non-hydrogen) atoms. The van der Waals surface area contributed by atoms with Crippen molar-refractivity contribution in [3.8, 4) is 17.1 Å². The maximum absolute atomic E-state index is 13.5. The largest absolute Gasteiger partial charge is 0.479 e. The number of hydrogen-bond acceptors (Lipinski definition) is 4. The van der Waals surface area contributed by atoms with Gasteiger partial charge in [-0.05, 0) is 28.9 Å². The molecular weight excluding hydrogens is 321 g/mol. The molecule has 0 aliphatic carbocycles. The topological polar surface area (TPSA) is 72.6 Å². The lowest BCUT2D eigenvalue weighted by Gasteiger charge is -2.13. The van der Waals surface area contributed by atoms with Crippen molar-refractivity contribution < 1.29 is 23.6 Å². The Hall–Kier alpha value is -1.89. The maximum Gasteiger partial charge on any atom is 0.344 e. The highest BCUT2D eigenvalue weighted by atomic mass is 79.9. The highest BCUT2D eigenvalue weighted by molar-refractivity contribution is 9.10. The van der Waals surface area contributed by atoms with Crippen molar-refractivity contribution in [2.45, 2.75) is 13.0 Å². The summed E-state index contributed by atoms with van der Waals surface area (Å²) in [4.78, 5) is 10.8. The van der Waals surface area contributed by atoms with Crippen LogP contribution in [0.15, 0.2) is 33.4 Å². The van der Waals surface area contributed by atoms with E-state index >= 15 is 0 Å². The summed E-state index contributed by atoms with van der Waals surface area (Å²) in [6.45, 7) is 1.35. The maximum atomic E-state index is 13.5. The molecule has 2 rings (SSSR count). The molecule has 0 amide bonds. The number of rotatable bonds is 4. The normalized spacial score (nSPS) is 12.2. The molecule has 1 heterocycles. The molecule has 0 fully saturated rings. The number of hydrogen-bond donors (Lipinski definition) is 1. The molecular formula is C12H9BrFNO4. The second-order valence-corrected chi connectivity index (χ2v) is 4.59. The molecule has 2 aromatic rings. The Morgan fingerprint density at radius 2 is 2.32 bits per heavy atom. The number of nitrogens with zero attached hydrogens (tertiary/aromatic N) is 1. The Bertz CT molecular complexity index is 600. The van der Waals surface area contributed by atoms with E-state index in [4.69, 9.17) is 14.4 Å². The lowest BCUT2D eigenvalue weighted by Crippen LogP contribution is -2.23. The molecule has 0 bridgehead atoms. The zero-order valence-corrected chi connectivity index (χ0v) is 11.3. The molecule has 1 aromatic carbocycles. The van der Waals surface area contributed by atoms with Gasteiger partial charge in [-0.2, -0.15) is 0 Å². The van der Waals surface area contributed by atoms with Crippen LogP contribution in [0.3, 0.4) is 0 Å². The number of carbonyl (C=O) groups is 1. The number of benzene rings is 1. The molecule has 100 valence electrons. The van der Waals surface area contributed by atoms with E-state index in [1.807, 2.05) is 0 Å². The van der Waals surface area contributed by atoms with Gasteiger partial charge in [-0.25, -0.2) is 9.18 Å². The summed E-state index contributed by atoms with van der Waals surface area (Å²) in [5, 5.41) is 12.4. The summed E-state index contributed by atoms with van der Waals surface area (Å²) >= 11 is 3.05. The predicted molar refractivity (Wildman–Crippen MR) is 67.3 cm³/mol. The Labute approximate surface area is 116 Å². The van der Waals surface area contributed by atoms with Gasteiger partial charge in [-0.15, -0.1) is 0 Å². The molecule has 0 radical (unpaired) electrons. The van der Waals surface area contributed by atoms with Crippen molar-refractivity contribution in [1.29, 1.82) is 0 Å². The van der Waals surface area contributed by atoms with Crippen LogP contribution in [-0.2, 0) is 4.79 Å². The van der Waals surface area contributed by atoms with E-state index in [9.17, 15) is 9.18 Å². The molecule has 0 spiro atoms. The first-order valence-electron chi connectivity index (χ1n) is 5.28. The molecule has 0 aliphatic rings. The third-order valence-corrected chi connectivity index (χ3v) is 2.98. The van der Waals surface area contributed by atoms with Crippen LogP contribution in [0.2, 0.25) is 0 Å². The fourth-order valence-electron chi connectivity index (χ4n) is 1.41. The van der Waals surface area contributed by atoms with Crippen LogP contribution in [0.25, 0.3) is 11.3 Å². The number of halogens is 2. The summed E-state index contributed by atoms with van der Waals surface area (Å²) < 4.78 is 23.9. The third kappa shape index (κ3) is 2.93. The molecule has 1 aromatic heterocycles. The van der Waals surface area contributed by atoms with Gasteiger partial charge in [0, 0.05) is 12.1 Å². The van der Waals surface area contributed by atoms with Crippen LogP contribution in [0, 0.1) is 5.82 Å². The molecule has 0 aliphatic heterocycles. The van der Waals surface area contributed by atoms with Gasteiger partial charge < -0.3 is 14.4 Å². The van der Waals surface area contributed by atoms with Crippen molar-refractivity contribution in [2.24, 2.45) is 0 Å². The first-order valence-corrected chi connectivity index (χ1v) is 6.08. The minimum Gasteiger partial charge on any atom is -0.479 e. The van der Waals surface area contributed by atoms with E-state index in [1.165, 1.54) is 19.2 Å². The van der Waals surface area contributed by atoms with Crippen molar-refractivity contribution in [3.05, 3.63) is 34.7 Å². The van der Waals surface area contributed by atoms with Gasteiger partial charge >= 0.3 is 5.97 Å². The Balaban J connectivity index is 2.46. The van der Waals surface area contributed by atoms with Crippen LogP contribution >= 0.6 is 15.9 Å². The van der Waals surface area contributed by atoms with E-state index < -0.39 is 17.9 Å². The highest BCUT2D eigenvalue weighted by Crippen LogP contribution is 2.35. The van der Waals surface area contributed by atoms with Gasteiger partial charge in [0.2, 0.25) is 0 Å². The second-order valence-electron chi connectivity index (χ2n) is 3.74. The molecule has 0 unspecified atom stereocenters. The summed E-state index contributed by atoms with van der Waals surface area (Å²) in [5.74, 6) is -1.27. The van der Waals surface area contributed by atoms with Gasteiger partial charge in [0.05, 0.1) is 16.2 Å². The lowest BCUT2D eigenvalue weighted by atomic mass is 10.1. The number of carboxylic acid groups (broad SMARTS) is 1. The Morgan fingerprint density at radius 1 is 1.58 bits per heavy atom. The molecule has 0 saturated carbocycles. The molecule has 5 nitrogen and oxygen atoms in total. The summed E-state index contributed by atoms with van der Waals surface area (Å²) in [6.07, 6.45) is 0.319. The molecule has 1 N–H and O–H groups in total. The Kier molecular flexibility index (Phi) is 3.84. The van der Waals surface area contributed by atoms with Gasteiger partial charge in [0.1, 0.15) is 11.6 Å². The number of aliphatic carboxylic acids is 1. The SMILES string of the molecule is C[C@H](Oc1cc(F)c(Br)cc1-c1ccno1)C(=O)O. The monoisotopic (exact) mass is 329 g/mol. The minimum absolute atomic E-state index is 0.0763. The summed E-state index contributed by atoms with van der Waals surface area (Å²) in [6, 6.07) is 4.11. The number of carboxylic acids is 1. The predicted octanol–water partition coefficient (Wildman–Crippen LogP) is 3.10. The van der Waals surface area contributed by atoms with E-state index in [2.05, 4.69) is 21.1 Å². The van der Waals surface area contributed by atoms with E-state index in [0.717, 1.165) is 6.07 Å². The van der Waals surface area contributed by atoms with Crippen LogP contribution in [0.1, 0.15) is 6.92 Å². The van der Waals surface area contributed by atoms with Gasteiger partial charge in [0.25, 0.3) is 0 Å². The van der Waals surface area contributed by atoms with Crippen LogP contribution < -0.4 is 4.74 Å². The molecule has 0 saturated heterocycles. The summed E-state index contributed by atoms with van der Waals surface area (Å²) in [7, 11) is 0. The van der Waals surface area contributed by atoms with Gasteiger partial charge in [-0.3, -0.25) is 0 Å². The van der Waals surface area contributed by atoms with Crippen molar-refractivity contribution >= 4 is 21.9 Å². The smallest absolute Gasteiger partial charge is 0.344 e. The molecule has 1 atom stereocenters. The zero-order chi connectivity index (χ0) is 14.0. The fourth-order valence-corrected chi connectivity index (χ4v) is 1.76. The van der Waals surface area contributed by atoms with Crippen molar-refractivity contribution in [1.82, 2.24) is 5.16 Å². The van der Waals surface area contributed by atoms with E-state index in [1.54, 1.807) is 6.07 Å². The minimum atomic E-state index is -1.15. The van der Waals surface area contributed by atoms with Crippen LogP contribution in [-0.4, -0.2) is 22.3 Å². The third-order valence-electron chi connectivity index (χ3n) is 2.38. The lowest BCUT2D eigenvalue weighted by molar-refractivity contribution is -0.144. The molecule has 7 heteroatoms. The number of ether oxygens (including phenoxy) is 1. The standard InChI is InChI=1S/C12H9BrFNO4/c1-6(12(16)17)18-11-5-9(14)8(13)4-7(11)10-2-3-15-19-10/h2-6H,1H3,(H,16,17)/t6-/m0/s1. The van der Waals surface area contributed by atoms with Crippen molar-refractivity contribution in [3.63, 3.8) is 0 Å². The van der Waals surface area contributed by atoms with Crippen molar-refractivity contribution in [2.75, 3.05) is 0 Å². The van der Waals surface area contributed by atoms with Gasteiger partial charge in [0.15, 0.2) is 11.9 Å². The average molecular weight is 330 g/mol. The van der Waals surface area contributed by atoms with E-state index in [0.29, 0.717) is 11.3 Å². The zero-order valence-electron chi connectivity index (χ0n) is 9.76.